The third-order valence-electron chi connectivity index (χ3n) is 4.78. The highest BCUT2D eigenvalue weighted by Crippen LogP contribution is 2.44. The third kappa shape index (κ3) is 4.75. The van der Waals surface area contributed by atoms with E-state index in [-0.39, 0.29) is 19.1 Å². The van der Waals surface area contributed by atoms with Crippen LogP contribution in [0.3, 0.4) is 0 Å². The summed E-state index contributed by atoms with van der Waals surface area (Å²) < 4.78 is 5.30. The molecule has 1 atom stereocenters. The van der Waals surface area contributed by atoms with Crippen LogP contribution in [-0.2, 0) is 19.1 Å². The van der Waals surface area contributed by atoms with E-state index in [0.717, 1.165) is 22.3 Å². The van der Waals surface area contributed by atoms with Gasteiger partial charge in [0.25, 0.3) is 0 Å². The fourth-order valence-electron chi connectivity index (χ4n) is 3.41. The second-order valence-corrected chi connectivity index (χ2v) is 6.66. The lowest BCUT2D eigenvalue weighted by Crippen LogP contribution is -2.50. The van der Waals surface area contributed by atoms with E-state index in [2.05, 4.69) is 16.0 Å². The standard InChI is InChI=1S/C21H21N3O6/c25-12-22-9-18(20(27)28)24-19(26)10-23-21(29)30-11-17-15-7-3-1-5-13(15)14-6-2-4-8-16(14)17/h1-8,12,17-18H,9-11H2,(H,22,25)(H,23,29)(H,24,26)(H,27,28)/t18-/m0/s1. The Morgan fingerprint density at radius 1 is 1.03 bits per heavy atom. The predicted molar refractivity (Wildman–Crippen MR) is 107 cm³/mol. The van der Waals surface area contributed by atoms with Gasteiger partial charge in [0.1, 0.15) is 19.2 Å². The summed E-state index contributed by atoms with van der Waals surface area (Å²) in [6, 6.07) is 14.5. The highest BCUT2D eigenvalue weighted by molar-refractivity contribution is 5.87. The SMILES string of the molecule is O=CNC[C@H](NC(=O)CNC(=O)OCC1c2ccccc2-c2ccccc21)C(=O)O. The van der Waals surface area contributed by atoms with Crippen molar-refractivity contribution in [2.75, 3.05) is 19.7 Å². The van der Waals surface area contributed by atoms with E-state index < -0.39 is 30.6 Å². The predicted octanol–water partition coefficient (Wildman–Crippen LogP) is 0.840. The molecule has 0 bridgehead atoms. The number of fused-ring (bicyclic) bond motifs is 3. The van der Waals surface area contributed by atoms with Gasteiger partial charge in [-0.2, -0.15) is 0 Å². The van der Waals surface area contributed by atoms with Crippen molar-refractivity contribution in [3.8, 4) is 11.1 Å². The first-order valence-electron chi connectivity index (χ1n) is 9.29. The minimum Gasteiger partial charge on any atom is -0.480 e. The van der Waals surface area contributed by atoms with Gasteiger partial charge in [-0.1, -0.05) is 48.5 Å². The molecule has 0 heterocycles. The summed E-state index contributed by atoms with van der Waals surface area (Å²) in [5, 5.41) is 15.7. The summed E-state index contributed by atoms with van der Waals surface area (Å²) in [6.07, 6.45) is -0.457. The maximum atomic E-state index is 12.0. The lowest BCUT2D eigenvalue weighted by atomic mass is 9.98. The Kier molecular flexibility index (Phi) is 6.63. The number of rotatable bonds is 9. The molecule has 0 radical (unpaired) electrons. The van der Waals surface area contributed by atoms with E-state index in [0.29, 0.717) is 6.41 Å². The zero-order chi connectivity index (χ0) is 21.5. The molecule has 2 aromatic carbocycles. The first-order valence-corrected chi connectivity index (χ1v) is 9.29. The fourth-order valence-corrected chi connectivity index (χ4v) is 3.41. The highest BCUT2D eigenvalue weighted by Gasteiger charge is 2.29. The second-order valence-electron chi connectivity index (χ2n) is 6.66. The van der Waals surface area contributed by atoms with Gasteiger partial charge in [0.05, 0.1) is 0 Å². The number of carbonyl (C=O) groups is 4. The van der Waals surface area contributed by atoms with Gasteiger partial charge in [-0.05, 0) is 22.3 Å². The van der Waals surface area contributed by atoms with Gasteiger partial charge in [-0.15, -0.1) is 0 Å². The number of hydrogen-bond acceptors (Lipinski definition) is 5. The molecule has 2 aromatic rings. The minimum absolute atomic E-state index is 0.0997. The number of aliphatic carboxylic acids is 1. The average Bonchev–Trinajstić information content (AvgIpc) is 3.07. The van der Waals surface area contributed by atoms with E-state index in [1.54, 1.807) is 0 Å². The quantitative estimate of drug-likeness (QED) is 0.452. The maximum Gasteiger partial charge on any atom is 0.407 e. The minimum atomic E-state index is -1.31. The number of carboxylic acid groups (broad SMARTS) is 1. The fraction of sp³-hybridized carbons (Fsp3) is 0.238. The van der Waals surface area contributed by atoms with Crippen LogP contribution in [0.4, 0.5) is 4.79 Å². The van der Waals surface area contributed by atoms with Crippen LogP contribution in [0.1, 0.15) is 17.0 Å². The summed E-state index contributed by atoms with van der Waals surface area (Å²) in [6.45, 7) is -0.625. The van der Waals surface area contributed by atoms with Crippen molar-refractivity contribution in [2.45, 2.75) is 12.0 Å². The first kappa shape index (κ1) is 20.8. The maximum absolute atomic E-state index is 12.0. The van der Waals surface area contributed by atoms with E-state index in [1.807, 2.05) is 48.5 Å². The molecule has 30 heavy (non-hydrogen) atoms. The number of benzene rings is 2. The van der Waals surface area contributed by atoms with Gasteiger partial charge in [0.2, 0.25) is 12.3 Å². The van der Waals surface area contributed by atoms with Gasteiger partial charge < -0.3 is 25.8 Å². The number of amides is 3. The Morgan fingerprint density at radius 3 is 2.20 bits per heavy atom. The zero-order valence-electron chi connectivity index (χ0n) is 16.0. The molecule has 0 fully saturated rings. The molecular weight excluding hydrogens is 390 g/mol. The molecule has 9 heteroatoms. The lowest BCUT2D eigenvalue weighted by molar-refractivity contribution is -0.141. The number of carbonyl (C=O) groups excluding carboxylic acids is 3. The van der Waals surface area contributed by atoms with Gasteiger partial charge in [0.15, 0.2) is 0 Å². The second kappa shape index (κ2) is 9.55. The molecule has 156 valence electrons. The summed E-state index contributed by atoms with van der Waals surface area (Å²) in [5.41, 5.74) is 4.34. The smallest absolute Gasteiger partial charge is 0.407 e. The van der Waals surface area contributed by atoms with E-state index >= 15 is 0 Å². The van der Waals surface area contributed by atoms with Crippen LogP contribution in [0, 0.1) is 0 Å². The van der Waals surface area contributed by atoms with Crippen molar-refractivity contribution >= 4 is 24.4 Å². The molecule has 9 nitrogen and oxygen atoms in total. The van der Waals surface area contributed by atoms with Crippen LogP contribution in [0.15, 0.2) is 48.5 Å². The zero-order valence-corrected chi connectivity index (χ0v) is 16.0. The van der Waals surface area contributed by atoms with E-state index in [1.165, 1.54) is 0 Å². The molecule has 0 saturated carbocycles. The third-order valence-corrected chi connectivity index (χ3v) is 4.78. The molecule has 3 rings (SSSR count). The Bertz CT molecular complexity index is 916. The first-order chi connectivity index (χ1) is 14.5. The number of carboxylic acids is 1. The number of hydrogen-bond donors (Lipinski definition) is 4. The molecule has 0 aliphatic heterocycles. The van der Waals surface area contributed by atoms with Gasteiger partial charge in [-0.3, -0.25) is 9.59 Å². The topological polar surface area (TPSA) is 134 Å². The van der Waals surface area contributed by atoms with Crippen LogP contribution in [0.25, 0.3) is 11.1 Å². The Hall–Kier alpha value is -3.88. The molecule has 0 spiro atoms. The van der Waals surface area contributed by atoms with Crippen molar-refractivity contribution in [2.24, 2.45) is 0 Å². The van der Waals surface area contributed by atoms with Gasteiger partial charge in [-0.25, -0.2) is 9.59 Å². The molecule has 4 N–H and O–H groups in total. The van der Waals surface area contributed by atoms with Crippen LogP contribution in [0.5, 0.6) is 0 Å². The van der Waals surface area contributed by atoms with Crippen molar-refractivity contribution in [1.29, 1.82) is 0 Å². The summed E-state index contributed by atoms with van der Waals surface area (Å²) in [4.78, 5) is 45.2. The molecule has 0 aromatic heterocycles. The summed E-state index contributed by atoms with van der Waals surface area (Å²) >= 11 is 0. The number of nitrogens with one attached hydrogen (secondary N) is 3. The van der Waals surface area contributed by atoms with Crippen molar-refractivity contribution in [3.63, 3.8) is 0 Å². The average molecular weight is 411 g/mol. The monoisotopic (exact) mass is 411 g/mol. The summed E-state index contributed by atoms with van der Waals surface area (Å²) in [7, 11) is 0. The van der Waals surface area contributed by atoms with E-state index in [9.17, 15) is 19.2 Å². The van der Waals surface area contributed by atoms with Crippen molar-refractivity contribution < 1.29 is 29.0 Å². The molecule has 1 aliphatic rings. The normalized spacial score (nSPS) is 12.8. The van der Waals surface area contributed by atoms with Gasteiger partial charge in [0, 0.05) is 12.5 Å². The van der Waals surface area contributed by atoms with Crippen LogP contribution in [-0.4, -0.2) is 55.2 Å². The Morgan fingerprint density at radius 2 is 1.63 bits per heavy atom. The number of alkyl carbamates (subject to hydrolysis) is 1. The molecule has 0 unspecified atom stereocenters. The molecule has 3 amide bonds. The van der Waals surface area contributed by atoms with E-state index in [4.69, 9.17) is 9.84 Å². The Balaban J connectivity index is 1.52. The lowest BCUT2D eigenvalue weighted by Gasteiger charge is -2.16. The van der Waals surface area contributed by atoms with Crippen molar-refractivity contribution in [1.82, 2.24) is 16.0 Å². The Labute approximate surface area is 172 Å². The highest BCUT2D eigenvalue weighted by atomic mass is 16.5. The molecule has 0 saturated heterocycles. The summed E-state index contributed by atoms with van der Waals surface area (Å²) in [5.74, 6) is -2.13. The number of ether oxygens (including phenoxy) is 1. The van der Waals surface area contributed by atoms with Crippen LogP contribution >= 0.6 is 0 Å². The van der Waals surface area contributed by atoms with Crippen LogP contribution < -0.4 is 16.0 Å². The van der Waals surface area contributed by atoms with Crippen molar-refractivity contribution in [3.05, 3.63) is 59.7 Å². The molecule has 1 aliphatic carbocycles. The van der Waals surface area contributed by atoms with Crippen LogP contribution in [0.2, 0.25) is 0 Å². The van der Waals surface area contributed by atoms with Gasteiger partial charge >= 0.3 is 12.1 Å². The molecular formula is C21H21N3O6. The largest absolute Gasteiger partial charge is 0.480 e.